The Morgan fingerprint density at radius 3 is 2.97 bits per heavy atom. The van der Waals surface area contributed by atoms with Gasteiger partial charge in [-0.05, 0) is 30.7 Å². The molecule has 2 atom stereocenters. The first-order valence-corrected chi connectivity index (χ1v) is 10.4. The molecule has 1 aliphatic heterocycles. The third kappa shape index (κ3) is 3.78. The number of hydrogen-bond acceptors (Lipinski definition) is 8. The molecule has 11 heteroatoms. The van der Waals surface area contributed by atoms with Gasteiger partial charge in [0.2, 0.25) is 0 Å². The predicted molar refractivity (Wildman–Crippen MR) is 125 cm³/mol. The molecule has 0 bridgehead atoms. The molecule has 3 aromatic heterocycles. The number of carbonyl (C=O) groups is 1. The molecule has 10 nitrogen and oxygen atoms in total. The number of alkyl halides is 1. The molecule has 0 aromatic carbocycles. The van der Waals surface area contributed by atoms with Gasteiger partial charge in [0.1, 0.15) is 12.0 Å². The number of nitrogens with one attached hydrogen (secondary N) is 3. The maximum atomic E-state index is 13.3. The number of aromatic nitrogens is 4. The van der Waals surface area contributed by atoms with E-state index in [1.807, 2.05) is 18.9 Å². The average Bonchev–Trinajstić information content (AvgIpc) is 3.35. The summed E-state index contributed by atoms with van der Waals surface area (Å²) in [6.45, 7) is -0.721. The lowest BCUT2D eigenvalue weighted by molar-refractivity contribution is 0.0940. The van der Waals surface area contributed by atoms with Crippen molar-refractivity contribution in [3.8, 4) is 0 Å². The van der Waals surface area contributed by atoms with Crippen LogP contribution in [-0.2, 0) is 4.79 Å². The van der Waals surface area contributed by atoms with Gasteiger partial charge in [-0.2, -0.15) is 0 Å². The van der Waals surface area contributed by atoms with Gasteiger partial charge in [-0.1, -0.05) is 6.07 Å². The molecular formula is C23H21FN8O2. The number of anilines is 3. The van der Waals surface area contributed by atoms with Crippen molar-refractivity contribution in [2.75, 3.05) is 22.5 Å². The van der Waals surface area contributed by atoms with Crippen LogP contribution in [0.1, 0.15) is 26.6 Å². The largest absolute Gasteiger partial charge is 0.385 e. The Bertz CT molecular complexity index is 1510. The number of carbonyl (C=O) groups excluding carboxylic acids is 2. The number of imidazole rings is 1. The lowest BCUT2D eigenvalue weighted by atomic mass is 10.2. The highest BCUT2D eigenvalue weighted by molar-refractivity contribution is 5.94. The lowest BCUT2D eigenvalue weighted by Crippen LogP contribution is -2.28. The standard InChI is InChI=1S/C23H21FN8O2/c1-13-5-3-7-26-21(13)31-8-4-6-15(19(31)12-33)28-20-10-17(25-2)22-27-11-18(32(22)30-20)23(34)29-16-9-14(16)24/h3-8,10-11,14,16,25H,9H2,1-2H3,(H,28,30)(H,29,34)/t14-,16+/m0/s1/i2D3. The molecule has 0 saturated heterocycles. The van der Waals surface area contributed by atoms with Gasteiger partial charge in [0.25, 0.3) is 5.91 Å². The molecule has 1 aliphatic carbocycles. The fourth-order valence-corrected chi connectivity index (χ4v) is 3.59. The van der Waals surface area contributed by atoms with Crippen molar-refractivity contribution in [1.29, 1.82) is 0 Å². The van der Waals surface area contributed by atoms with Gasteiger partial charge in [0.05, 0.1) is 23.6 Å². The first-order chi connectivity index (χ1) is 17.6. The molecule has 0 spiro atoms. The van der Waals surface area contributed by atoms with Crippen LogP contribution in [0.3, 0.4) is 0 Å². The lowest BCUT2D eigenvalue weighted by Gasteiger charge is -2.26. The Balaban J connectivity index is 1.52. The third-order valence-electron chi connectivity index (χ3n) is 5.43. The van der Waals surface area contributed by atoms with E-state index in [-0.39, 0.29) is 35.0 Å². The van der Waals surface area contributed by atoms with Gasteiger partial charge in [0.15, 0.2) is 28.8 Å². The zero-order valence-corrected chi connectivity index (χ0v) is 17.9. The van der Waals surface area contributed by atoms with Crippen LogP contribution in [0.15, 0.2) is 60.3 Å². The van der Waals surface area contributed by atoms with Crippen molar-refractivity contribution < 1.29 is 18.1 Å². The fourth-order valence-electron chi connectivity index (χ4n) is 3.59. The van der Waals surface area contributed by atoms with Crippen LogP contribution in [0, 0.1) is 6.92 Å². The first-order valence-electron chi connectivity index (χ1n) is 11.9. The monoisotopic (exact) mass is 463 g/mol. The molecule has 2 aliphatic rings. The zero-order valence-electron chi connectivity index (χ0n) is 20.9. The normalized spacial score (nSPS) is 20.6. The SMILES string of the molecule is [2H]C([2H])([2H])Nc1cc(NC2=CC=CN(c3ncccc3C)C2=C=O)nn2c(C(=O)N[C@@H]3C[C@@H]3F)cnc12. The second-order valence-electron chi connectivity index (χ2n) is 7.79. The van der Waals surface area contributed by atoms with Crippen LogP contribution in [0.2, 0.25) is 0 Å². The van der Waals surface area contributed by atoms with E-state index in [1.165, 1.54) is 12.3 Å². The topological polar surface area (TPSA) is 117 Å². The molecule has 34 heavy (non-hydrogen) atoms. The van der Waals surface area contributed by atoms with E-state index in [2.05, 4.69) is 31.0 Å². The second-order valence-corrected chi connectivity index (χ2v) is 7.79. The zero-order chi connectivity index (χ0) is 26.3. The molecule has 1 amide bonds. The van der Waals surface area contributed by atoms with E-state index in [0.717, 1.165) is 10.1 Å². The van der Waals surface area contributed by atoms with E-state index < -0.39 is 25.1 Å². The summed E-state index contributed by atoms with van der Waals surface area (Å²) in [7, 11) is 0. The van der Waals surface area contributed by atoms with E-state index in [9.17, 15) is 14.0 Å². The van der Waals surface area contributed by atoms with Gasteiger partial charge >= 0.3 is 0 Å². The third-order valence-corrected chi connectivity index (χ3v) is 5.43. The highest BCUT2D eigenvalue weighted by Gasteiger charge is 2.39. The first kappa shape index (κ1) is 18.0. The Labute approximate surface area is 198 Å². The number of hydrogen-bond donors (Lipinski definition) is 3. The molecular weight excluding hydrogens is 439 g/mol. The van der Waals surface area contributed by atoms with Crippen molar-refractivity contribution >= 4 is 34.8 Å². The number of pyridine rings is 1. The summed E-state index contributed by atoms with van der Waals surface area (Å²) < 4.78 is 37.3. The number of rotatable bonds is 6. The Morgan fingerprint density at radius 2 is 2.24 bits per heavy atom. The molecule has 3 N–H and O–H groups in total. The van der Waals surface area contributed by atoms with Gasteiger partial charge in [-0.15, -0.1) is 5.10 Å². The highest BCUT2D eigenvalue weighted by Crippen LogP contribution is 2.29. The summed E-state index contributed by atoms with van der Waals surface area (Å²) in [5, 5.41) is 12.3. The molecule has 0 radical (unpaired) electrons. The minimum Gasteiger partial charge on any atom is -0.385 e. The molecule has 0 unspecified atom stereocenters. The van der Waals surface area contributed by atoms with Crippen LogP contribution in [0.25, 0.3) is 5.65 Å². The van der Waals surface area contributed by atoms with Crippen molar-refractivity contribution in [1.82, 2.24) is 24.9 Å². The van der Waals surface area contributed by atoms with Crippen LogP contribution in [0.4, 0.5) is 21.7 Å². The molecule has 172 valence electrons. The van der Waals surface area contributed by atoms with Crippen LogP contribution in [0.5, 0.6) is 0 Å². The number of halogens is 1. The molecule has 1 fully saturated rings. The molecule has 5 rings (SSSR count). The average molecular weight is 463 g/mol. The summed E-state index contributed by atoms with van der Waals surface area (Å²) in [6, 6.07) is 4.44. The highest BCUT2D eigenvalue weighted by atomic mass is 19.1. The number of fused-ring (bicyclic) bond motifs is 1. The van der Waals surface area contributed by atoms with E-state index in [1.54, 1.807) is 35.5 Å². The molecule has 3 aromatic rings. The van der Waals surface area contributed by atoms with E-state index >= 15 is 0 Å². The number of nitrogens with zero attached hydrogens (tertiary/aromatic N) is 5. The van der Waals surface area contributed by atoms with Crippen molar-refractivity contribution in [3.63, 3.8) is 0 Å². The maximum absolute atomic E-state index is 13.3. The molecule has 1 saturated carbocycles. The van der Waals surface area contributed by atoms with Gasteiger partial charge < -0.3 is 16.0 Å². The summed E-state index contributed by atoms with van der Waals surface area (Å²) >= 11 is 0. The number of amides is 1. The second kappa shape index (κ2) is 8.45. The molecule has 4 heterocycles. The predicted octanol–water partition coefficient (Wildman–Crippen LogP) is 2.36. The Hall–Kier alpha value is -4.50. The van der Waals surface area contributed by atoms with E-state index in [4.69, 9.17) is 4.11 Å². The minimum absolute atomic E-state index is 0.0132. The van der Waals surface area contributed by atoms with Gasteiger partial charge in [-0.25, -0.2) is 23.7 Å². The summed E-state index contributed by atoms with van der Waals surface area (Å²) in [6.07, 6.45) is 6.92. The summed E-state index contributed by atoms with van der Waals surface area (Å²) in [5.41, 5.74) is 1.37. The van der Waals surface area contributed by atoms with Crippen LogP contribution < -0.4 is 20.9 Å². The Morgan fingerprint density at radius 1 is 1.38 bits per heavy atom. The quantitative estimate of drug-likeness (QED) is 0.477. The smallest absolute Gasteiger partial charge is 0.271 e. The summed E-state index contributed by atoms with van der Waals surface area (Å²) in [5.74, 6) is 1.94. The van der Waals surface area contributed by atoms with Gasteiger partial charge in [0, 0.05) is 36.0 Å². The van der Waals surface area contributed by atoms with E-state index in [0.29, 0.717) is 11.5 Å². The maximum Gasteiger partial charge on any atom is 0.271 e. The van der Waals surface area contributed by atoms with Crippen molar-refractivity contribution in [2.45, 2.75) is 25.6 Å². The minimum atomic E-state index is -2.57. The van der Waals surface area contributed by atoms with Gasteiger partial charge in [-0.3, -0.25) is 9.69 Å². The van der Waals surface area contributed by atoms with Crippen LogP contribution in [-0.4, -0.2) is 50.6 Å². The fraction of sp³-hybridized carbons (Fsp3) is 0.217. The van der Waals surface area contributed by atoms with Crippen LogP contribution >= 0.6 is 0 Å². The van der Waals surface area contributed by atoms with Crippen molar-refractivity contribution in [2.24, 2.45) is 0 Å². The Kier molecular flexibility index (Phi) is 4.47. The summed E-state index contributed by atoms with van der Waals surface area (Å²) in [4.78, 5) is 34.8. The van der Waals surface area contributed by atoms with Crippen molar-refractivity contribution in [3.05, 3.63) is 71.6 Å². The number of aryl methyl sites for hydroxylation is 1. The number of allylic oxidation sites excluding steroid dienone is 2.